The average molecular weight is 245 g/mol. The fourth-order valence-electron chi connectivity index (χ4n) is 2.10. The lowest BCUT2D eigenvalue weighted by atomic mass is 10.1. The van der Waals surface area contributed by atoms with Gasteiger partial charge in [-0.25, -0.2) is 0 Å². The molecule has 0 spiro atoms. The topological polar surface area (TPSA) is 29.5 Å². The monoisotopic (exact) mass is 245 g/mol. The van der Waals surface area contributed by atoms with Crippen LogP contribution in [0.15, 0.2) is 0 Å². The number of thioether (sulfide) groups is 1. The third-order valence-corrected chi connectivity index (χ3v) is 4.24. The molecule has 1 aliphatic heterocycles. The van der Waals surface area contributed by atoms with Gasteiger partial charge in [-0.15, -0.1) is 0 Å². The van der Waals surface area contributed by atoms with E-state index in [0.29, 0.717) is 12.6 Å². The zero-order valence-corrected chi connectivity index (χ0v) is 11.4. The van der Waals surface area contributed by atoms with Crippen molar-refractivity contribution < 1.29 is 9.53 Å². The number of carbonyl (C=O) groups is 1. The Morgan fingerprint density at radius 3 is 2.81 bits per heavy atom. The fourth-order valence-corrected chi connectivity index (χ4v) is 3.38. The lowest BCUT2D eigenvalue weighted by molar-refractivity contribution is -0.150. The number of hydrogen-bond acceptors (Lipinski definition) is 4. The molecule has 1 rings (SSSR count). The molecular weight excluding hydrogens is 222 g/mol. The van der Waals surface area contributed by atoms with Crippen molar-refractivity contribution >= 4 is 17.7 Å². The molecule has 1 heterocycles. The molecule has 16 heavy (non-hydrogen) atoms. The average Bonchev–Trinajstić information content (AvgIpc) is 2.78. The van der Waals surface area contributed by atoms with Crippen LogP contribution in [0, 0.1) is 0 Å². The molecule has 0 N–H and O–H groups in total. The minimum atomic E-state index is -0.0521. The third-order valence-electron chi connectivity index (χ3n) is 3.09. The molecule has 0 aromatic heterocycles. The van der Waals surface area contributed by atoms with Crippen LogP contribution in [0.3, 0.4) is 0 Å². The molecule has 94 valence electrons. The predicted molar refractivity (Wildman–Crippen MR) is 68.8 cm³/mol. The Bertz CT molecular complexity index is 217. The lowest BCUT2D eigenvalue weighted by Crippen LogP contribution is -2.45. The molecule has 4 heteroatoms. The van der Waals surface area contributed by atoms with Crippen molar-refractivity contribution in [1.82, 2.24) is 4.90 Å². The van der Waals surface area contributed by atoms with Gasteiger partial charge in [0.2, 0.25) is 0 Å². The van der Waals surface area contributed by atoms with Gasteiger partial charge >= 0.3 is 5.97 Å². The van der Waals surface area contributed by atoms with Crippen molar-refractivity contribution in [1.29, 1.82) is 0 Å². The minimum absolute atomic E-state index is 0.0475. The Kier molecular flexibility index (Phi) is 6.21. The van der Waals surface area contributed by atoms with E-state index in [1.807, 2.05) is 18.7 Å². The molecule has 0 amide bonds. The van der Waals surface area contributed by atoms with Gasteiger partial charge < -0.3 is 4.74 Å². The maximum absolute atomic E-state index is 11.9. The SMILES string of the molecule is CCCC(C(=O)OCC)N(C)C1CCSC1. The maximum Gasteiger partial charge on any atom is 0.323 e. The lowest BCUT2D eigenvalue weighted by Gasteiger charge is -2.30. The van der Waals surface area contributed by atoms with Crippen molar-refractivity contribution in [2.75, 3.05) is 25.2 Å². The smallest absolute Gasteiger partial charge is 0.323 e. The highest BCUT2D eigenvalue weighted by atomic mass is 32.2. The molecule has 0 aliphatic carbocycles. The number of likely N-dealkylation sites (N-methyl/N-ethyl adjacent to an activating group) is 1. The minimum Gasteiger partial charge on any atom is -0.465 e. The number of ether oxygens (including phenoxy) is 1. The predicted octanol–water partition coefficient (Wildman–Crippen LogP) is 2.16. The van der Waals surface area contributed by atoms with Gasteiger partial charge in [0.1, 0.15) is 6.04 Å². The van der Waals surface area contributed by atoms with E-state index in [1.165, 1.54) is 12.2 Å². The van der Waals surface area contributed by atoms with Gasteiger partial charge in [0, 0.05) is 11.8 Å². The summed E-state index contributed by atoms with van der Waals surface area (Å²) in [4.78, 5) is 14.1. The molecule has 0 aromatic carbocycles. The van der Waals surface area contributed by atoms with Gasteiger partial charge in [-0.2, -0.15) is 11.8 Å². The summed E-state index contributed by atoms with van der Waals surface area (Å²) in [5.74, 6) is 2.32. The van der Waals surface area contributed by atoms with Crippen molar-refractivity contribution in [2.45, 2.75) is 45.2 Å². The first-order valence-electron chi connectivity index (χ1n) is 6.17. The van der Waals surface area contributed by atoms with E-state index in [9.17, 15) is 4.79 Å². The maximum atomic E-state index is 11.9. The summed E-state index contributed by atoms with van der Waals surface area (Å²) < 4.78 is 5.15. The summed E-state index contributed by atoms with van der Waals surface area (Å²) >= 11 is 1.98. The Hall–Kier alpha value is -0.220. The highest BCUT2D eigenvalue weighted by Crippen LogP contribution is 2.24. The molecule has 1 saturated heterocycles. The zero-order chi connectivity index (χ0) is 12.0. The molecule has 0 saturated carbocycles. The Balaban J connectivity index is 2.56. The van der Waals surface area contributed by atoms with Crippen LogP contribution in [-0.2, 0) is 9.53 Å². The van der Waals surface area contributed by atoms with Crippen LogP contribution in [0.2, 0.25) is 0 Å². The molecule has 0 radical (unpaired) electrons. The summed E-state index contributed by atoms with van der Waals surface area (Å²) in [6, 6.07) is 0.500. The molecule has 2 unspecified atom stereocenters. The fraction of sp³-hybridized carbons (Fsp3) is 0.917. The van der Waals surface area contributed by atoms with E-state index in [2.05, 4.69) is 18.9 Å². The van der Waals surface area contributed by atoms with Crippen LogP contribution in [0.5, 0.6) is 0 Å². The number of rotatable bonds is 6. The van der Waals surface area contributed by atoms with E-state index < -0.39 is 0 Å². The first-order chi connectivity index (χ1) is 7.70. The third kappa shape index (κ3) is 3.67. The standard InChI is InChI=1S/C12H23NO2S/c1-4-6-11(12(14)15-5-2)13(3)10-7-8-16-9-10/h10-11H,4-9H2,1-3H3. The van der Waals surface area contributed by atoms with Crippen LogP contribution in [0.1, 0.15) is 33.1 Å². The second kappa shape index (κ2) is 7.17. The number of nitrogens with zero attached hydrogens (tertiary/aromatic N) is 1. The number of carbonyl (C=O) groups excluding carboxylic acids is 1. The van der Waals surface area contributed by atoms with Crippen molar-refractivity contribution in [3.63, 3.8) is 0 Å². The number of esters is 1. The van der Waals surface area contributed by atoms with E-state index in [0.717, 1.165) is 18.6 Å². The van der Waals surface area contributed by atoms with Crippen molar-refractivity contribution in [3.05, 3.63) is 0 Å². The Morgan fingerprint density at radius 1 is 1.56 bits per heavy atom. The molecule has 1 fully saturated rings. The van der Waals surface area contributed by atoms with Gasteiger partial charge in [-0.05, 0) is 32.6 Å². The molecular formula is C12H23NO2S. The van der Waals surface area contributed by atoms with Crippen LogP contribution < -0.4 is 0 Å². The Morgan fingerprint density at radius 2 is 2.31 bits per heavy atom. The van der Waals surface area contributed by atoms with E-state index in [4.69, 9.17) is 4.74 Å². The molecule has 0 aromatic rings. The summed E-state index contributed by atoms with van der Waals surface area (Å²) in [5, 5.41) is 0. The van der Waals surface area contributed by atoms with E-state index in [-0.39, 0.29) is 12.0 Å². The van der Waals surface area contributed by atoms with Gasteiger partial charge in [0.25, 0.3) is 0 Å². The largest absolute Gasteiger partial charge is 0.465 e. The first-order valence-corrected chi connectivity index (χ1v) is 7.32. The van der Waals surface area contributed by atoms with Crippen LogP contribution in [0.4, 0.5) is 0 Å². The highest BCUT2D eigenvalue weighted by Gasteiger charge is 2.30. The summed E-state index contributed by atoms with van der Waals surface area (Å²) in [7, 11) is 2.06. The van der Waals surface area contributed by atoms with Gasteiger partial charge in [-0.3, -0.25) is 9.69 Å². The van der Waals surface area contributed by atoms with Gasteiger partial charge in [-0.1, -0.05) is 13.3 Å². The van der Waals surface area contributed by atoms with E-state index >= 15 is 0 Å². The van der Waals surface area contributed by atoms with Crippen LogP contribution in [-0.4, -0.2) is 48.1 Å². The van der Waals surface area contributed by atoms with Crippen molar-refractivity contribution in [3.8, 4) is 0 Å². The molecule has 2 atom stereocenters. The normalized spacial score (nSPS) is 22.4. The molecule has 0 bridgehead atoms. The first kappa shape index (κ1) is 13.8. The molecule has 1 aliphatic rings. The molecule has 3 nitrogen and oxygen atoms in total. The van der Waals surface area contributed by atoms with Crippen LogP contribution in [0.25, 0.3) is 0 Å². The summed E-state index contributed by atoms with van der Waals surface area (Å²) in [6.07, 6.45) is 3.12. The number of hydrogen-bond donors (Lipinski definition) is 0. The van der Waals surface area contributed by atoms with Crippen molar-refractivity contribution in [2.24, 2.45) is 0 Å². The second-order valence-corrected chi connectivity index (χ2v) is 5.39. The zero-order valence-electron chi connectivity index (χ0n) is 10.6. The second-order valence-electron chi connectivity index (χ2n) is 4.24. The Labute approximate surface area is 103 Å². The van der Waals surface area contributed by atoms with Gasteiger partial charge in [0.15, 0.2) is 0 Å². The van der Waals surface area contributed by atoms with Crippen LogP contribution >= 0.6 is 11.8 Å². The van der Waals surface area contributed by atoms with Gasteiger partial charge in [0.05, 0.1) is 6.61 Å². The highest BCUT2D eigenvalue weighted by molar-refractivity contribution is 7.99. The quantitative estimate of drug-likeness (QED) is 0.671. The van der Waals surface area contributed by atoms with E-state index in [1.54, 1.807) is 0 Å². The summed E-state index contributed by atoms with van der Waals surface area (Å²) in [5.41, 5.74) is 0. The summed E-state index contributed by atoms with van der Waals surface area (Å²) in [6.45, 7) is 4.46.